The molecule has 3 amide bonds. The molecule has 0 radical (unpaired) electrons. The van der Waals surface area contributed by atoms with Crippen LogP contribution in [0.2, 0.25) is 5.02 Å². The standard InChI is InChI=1S/C22H19ClFN5O3/c23-13-4-3-5-14(10-13)29(24)22(32)18-9-12-8-17(12)28(18)19(30)11-27-16-7-2-1-6-15(16)20(26-27)21(25)31/h1-7,10,12,17-18H,8-9,11H2,(H2,25,31)/t12-,17-,18+/m1/s1. The van der Waals surface area contributed by atoms with E-state index in [-0.39, 0.29) is 40.9 Å². The monoisotopic (exact) mass is 455 g/mol. The number of primary amides is 1. The Hall–Kier alpha value is -3.46. The molecule has 2 aliphatic rings. The minimum atomic E-state index is -0.910. The molecule has 10 heteroatoms. The number of hydrogen-bond donors (Lipinski definition) is 1. The number of carbonyl (C=O) groups excluding carboxylic acids is 3. The maximum absolute atomic E-state index is 14.9. The van der Waals surface area contributed by atoms with Gasteiger partial charge in [0.25, 0.3) is 11.8 Å². The number of nitrogens with zero attached hydrogens (tertiary/aromatic N) is 4. The van der Waals surface area contributed by atoms with Crippen LogP contribution < -0.4 is 10.9 Å². The van der Waals surface area contributed by atoms with Gasteiger partial charge in [0.15, 0.2) is 5.69 Å². The molecule has 32 heavy (non-hydrogen) atoms. The lowest BCUT2D eigenvalue weighted by atomic mass is 10.1. The van der Waals surface area contributed by atoms with E-state index in [0.717, 1.165) is 6.42 Å². The van der Waals surface area contributed by atoms with Gasteiger partial charge in [-0.3, -0.25) is 19.1 Å². The summed E-state index contributed by atoms with van der Waals surface area (Å²) in [6.45, 7) is -0.190. The molecular weight excluding hydrogens is 437 g/mol. The molecule has 3 aromatic rings. The van der Waals surface area contributed by atoms with Crippen LogP contribution in [-0.2, 0) is 16.1 Å². The molecule has 0 unspecified atom stereocenters. The van der Waals surface area contributed by atoms with Gasteiger partial charge in [0.05, 0.1) is 11.2 Å². The van der Waals surface area contributed by atoms with Crippen LogP contribution in [0.3, 0.4) is 0 Å². The second kappa shape index (κ2) is 7.59. The number of benzene rings is 2. The van der Waals surface area contributed by atoms with Gasteiger partial charge in [0, 0.05) is 16.5 Å². The summed E-state index contributed by atoms with van der Waals surface area (Å²) in [5.41, 5.74) is 6.09. The Morgan fingerprint density at radius 1 is 1.16 bits per heavy atom. The first-order valence-electron chi connectivity index (χ1n) is 10.2. The van der Waals surface area contributed by atoms with E-state index in [4.69, 9.17) is 17.3 Å². The normalized spacial score (nSPS) is 21.4. The molecule has 5 rings (SSSR count). The fourth-order valence-electron chi connectivity index (χ4n) is 4.53. The van der Waals surface area contributed by atoms with Crippen LogP contribution in [0, 0.1) is 5.92 Å². The van der Waals surface area contributed by atoms with E-state index >= 15 is 0 Å². The van der Waals surface area contributed by atoms with Crippen molar-refractivity contribution in [2.75, 3.05) is 5.12 Å². The number of nitrogens with two attached hydrogens (primary N) is 1. The van der Waals surface area contributed by atoms with Crippen molar-refractivity contribution in [2.45, 2.75) is 31.5 Å². The van der Waals surface area contributed by atoms with Gasteiger partial charge in [-0.25, -0.2) is 0 Å². The zero-order valence-corrected chi connectivity index (χ0v) is 17.6. The van der Waals surface area contributed by atoms with Crippen LogP contribution in [0.4, 0.5) is 10.2 Å². The minimum absolute atomic E-state index is 0.0136. The van der Waals surface area contributed by atoms with E-state index in [1.165, 1.54) is 21.7 Å². The van der Waals surface area contributed by atoms with E-state index in [9.17, 15) is 18.9 Å². The first kappa shape index (κ1) is 20.4. The van der Waals surface area contributed by atoms with E-state index < -0.39 is 17.9 Å². The minimum Gasteiger partial charge on any atom is -0.364 e. The number of amides is 3. The second-order valence-electron chi connectivity index (χ2n) is 8.10. The quantitative estimate of drug-likeness (QED) is 0.597. The average molecular weight is 456 g/mol. The highest BCUT2D eigenvalue weighted by Crippen LogP contribution is 2.48. The van der Waals surface area contributed by atoms with E-state index in [1.807, 2.05) is 0 Å². The molecule has 0 bridgehead atoms. The molecule has 2 fully saturated rings. The molecule has 2 aromatic carbocycles. The third-order valence-electron chi connectivity index (χ3n) is 6.08. The third-order valence-corrected chi connectivity index (χ3v) is 6.32. The molecule has 164 valence electrons. The smallest absolute Gasteiger partial charge is 0.277 e. The lowest BCUT2D eigenvalue weighted by Gasteiger charge is -2.28. The van der Waals surface area contributed by atoms with E-state index in [1.54, 1.807) is 36.4 Å². The summed E-state index contributed by atoms with van der Waals surface area (Å²) in [6, 6.07) is 11.9. The van der Waals surface area contributed by atoms with Crippen molar-refractivity contribution in [1.82, 2.24) is 14.7 Å². The molecule has 2 N–H and O–H groups in total. The van der Waals surface area contributed by atoms with Crippen LogP contribution in [-0.4, -0.2) is 44.5 Å². The Bertz CT molecular complexity index is 1260. The number of carbonyl (C=O) groups is 3. The van der Waals surface area contributed by atoms with Gasteiger partial charge in [-0.15, -0.1) is 5.12 Å². The SMILES string of the molecule is NC(=O)c1nn(CC(=O)N2[C@@H]3C[C@@H]3C[C@H]2C(=O)N(F)c2cccc(Cl)c2)c2ccccc12. The number of anilines is 1. The molecule has 1 saturated carbocycles. The van der Waals surface area contributed by atoms with Gasteiger partial charge in [0.2, 0.25) is 5.91 Å². The zero-order chi connectivity index (χ0) is 22.6. The Kier molecular flexibility index (Phi) is 4.85. The highest BCUT2D eigenvalue weighted by molar-refractivity contribution is 6.30. The summed E-state index contributed by atoms with van der Waals surface area (Å²) in [5.74, 6) is -1.69. The van der Waals surface area contributed by atoms with Gasteiger partial charge < -0.3 is 10.6 Å². The maximum Gasteiger partial charge on any atom is 0.277 e. The molecule has 8 nitrogen and oxygen atoms in total. The summed E-state index contributed by atoms with van der Waals surface area (Å²) >= 11 is 5.91. The summed E-state index contributed by atoms with van der Waals surface area (Å²) < 4.78 is 16.3. The third kappa shape index (κ3) is 3.38. The number of likely N-dealkylation sites (tertiary alicyclic amines) is 1. The predicted molar refractivity (Wildman–Crippen MR) is 115 cm³/mol. The van der Waals surface area contributed by atoms with Crippen molar-refractivity contribution in [1.29, 1.82) is 0 Å². The summed E-state index contributed by atoms with van der Waals surface area (Å²) in [5, 5.41) is 5.11. The number of piperidine rings is 1. The van der Waals surface area contributed by atoms with Crippen LogP contribution in [0.15, 0.2) is 48.5 Å². The Morgan fingerprint density at radius 3 is 2.69 bits per heavy atom. The molecule has 3 atom stereocenters. The van der Waals surface area contributed by atoms with Crippen molar-refractivity contribution in [3.8, 4) is 0 Å². The van der Waals surface area contributed by atoms with Crippen molar-refractivity contribution in [2.24, 2.45) is 11.7 Å². The fraction of sp³-hybridized carbons (Fsp3) is 0.273. The first-order chi connectivity index (χ1) is 15.3. The van der Waals surface area contributed by atoms with Gasteiger partial charge in [0.1, 0.15) is 12.6 Å². The molecule has 1 aliphatic heterocycles. The van der Waals surface area contributed by atoms with Crippen molar-refractivity contribution in [3.63, 3.8) is 0 Å². The molecular formula is C22H19ClFN5O3. The lowest BCUT2D eigenvalue weighted by Crippen LogP contribution is -2.48. The number of fused-ring (bicyclic) bond motifs is 2. The van der Waals surface area contributed by atoms with E-state index in [0.29, 0.717) is 22.3 Å². The van der Waals surface area contributed by atoms with Gasteiger partial charge >= 0.3 is 0 Å². The zero-order valence-electron chi connectivity index (χ0n) is 16.8. The van der Waals surface area contributed by atoms with Crippen LogP contribution in [0.1, 0.15) is 23.3 Å². The number of rotatable bonds is 5. The van der Waals surface area contributed by atoms with Crippen LogP contribution >= 0.6 is 11.6 Å². The lowest BCUT2D eigenvalue weighted by molar-refractivity contribution is -0.140. The molecule has 1 aromatic heterocycles. The van der Waals surface area contributed by atoms with Crippen LogP contribution in [0.5, 0.6) is 0 Å². The van der Waals surface area contributed by atoms with Gasteiger partial charge in [-0.05, 0) is 43.0 Å². The Morgan fingerprint density at radius 2 is 1.94 bits per heavy atom. The summed E-state index contributed by atoms with van der Waals surface area (Å²) in [7, 11) is 0. The number of halogens is 2. The molecule has 1 saturated heterocycles. The second-order valence-corrected chi connectivity index (χ2v) is 8.54. The van der Waals surface area contributed by atoms with Crippen molar-refractivity contribution < 1.29 is 18.9 Å². The number of hydrogen-bond acceptors (Lipinski definition) is 4. The molecule has 1 aliphatic carbocycles. The molecule has 0 spiro atoms. The summed E-state index contributed by atoms with van der Waals surface area (Å²) in [4.78, 5) is 39.4. The van der Waals surface area contributed by atoms with E-state index in [2.05, 4.69) is 5.10 Å². The highest BCUT2D eigenvalue weighted by Gasteiger charge is 2.57. The number of aromatic nitrogens is 2. The van der Waals surface area contributed by atoms with Crippen molar-refractivity contribution in [3.05, 3.63) is 59.2 Å². The summed E-state index contributed by atoms with van der Waals surface area (Å²) in [6.07, 6.45) is 1.19. The Labute approximate surface area is 187 Å². The van der Waals surface area contributed by atoms with Crippen LogP contribution in [0.25, 0.3) is 10.9 Å². The van der Waals surface area contributed by atoms with Gasteiger partial charge in [-0.2, -0.15) is 5.10 Å². The van der Waals surface area contributed by atoms with Gasteiger partial charge in [-0.1, -0.05) is 40.3 Å². The first-order valence-corrected chi connectivity index (χ1v) is 10.5. The fourth-order valence-corrected chi connectivity index (χ4v) is 4.72. The Balaban J connectivity index is 1.40. The highest BCUT2D eigenvalue weighted by atomic mass is 35.5. The molecule has 2 heterocycles. The van der Waals surface area contributed by atoms with Crippen molar-refractivity contribution >= 4 is 45.9 Å². The largest absolute Gasteiger partial charge is 0.364 e. The number of para-hydroxylation sites is 1. The maximum atomic E-state index is 14.9. The average Bonchev–Trinajstić information content (AvgIpc) is 3.28. The predicted octanol–water partition coefficient (Wildman–Crippen LogP) is 2.70. The topological polar surface area (TPSA) is 102 Å².